The molecule has 1 unspecified atom stereocenters. The van der Waals surface area contributed by atoms with Gasteiger partial charge in [-0.3, -0.25) is 9.00 Å². The van der Waals surface area contributed by atoms with Gasteiger partial charge in [0.05, 0.1) is 39.6 Å². The number of hydrogen-bond donors (Lipinski definition) is 1. The molecule has 2 aromatic carbocycles. The molecule has 162 valence electrons. The van der Waals surface area contributed by atoms with Gasteiger partial charge < -0.3 is 28.8 Å². The zero-order valence-corrected chi connectivity index (χ0v) is 18.3. The van der Waals surface area contributed by atoms with Gasteiger partial charge in [0, 0.05) is 18.4 Å². The van der Waals surface area contributed by atoms with Crippen LogP contribution in [0.1, 0.15) is 27.0 Å². The largest absolute Gasteiger partial charge is 0.772 e. The Kier molecular flexibility index (Phi) is 8.25. The number of amides is 1. The number of ether oxygens (including phenoxy) is 4. The van der Waals surface area contributed by atoms with E-state index in [9.17, 15) is 13.6 Å². The van der Waals surface area contributed by atoms with Crippen molar-refractivity contribution in [3.63, 3.8) is 0 Å². The quantitative estimate of drug-likeness (QED) is 0.367. The van der Waals surface area contributed by atoms with E-state index >= 15 is 0 Å². The lowest BCUT2D eigenvalue weighted by Gasteiger charge is -2.20. The predicted molar refractivity (Wildman–Crippen MR) is 113 cm³/mol. The third kappa shape index (κ3) is 4.92. The van der Waals surface area contributed by atoms with Crippen LogP contribution in [0.2, 0.25) is 0 Å². The van der Waals surface area contributed by atoms with E-state index in [1.165, 1.54) is 41.6 Å². The van der Waals surface area contributed by atoms with E-state index < -0.39 is 17.0 Å². The summed E-state index contributed by atoms with van der Waals surface area (Å²) in [5.41, 5.74) is 1.58. The van der Waals surface area contributed by atoms with Gasteiger partial charge in [-0.05, 0) is 29.8 Å². The van der Waals surface area contributed by atoms with E-state index in [1.807, 2.05) is 12.1 Å². The van der Waals surface area contributed by atoms with Crippen molar-refractivity contribution >= 4 is 28.5 Å². The highest BCUT2D eigenvalue weighted by Crippen LogP contribution is 2.37. The van der Waals surface area contributed by atoms with Crippen LogP contribution in [0.5, 0.6) is 11.5 Å². The summed E-state index contributed by atoms with van der Waals surface area (Å²) in [6.07, 6.45) is 0. The lowest BCUT2D eigenvalue weighted by Crippen LogP contribution is -2.19. The Morgan fingerprint density at radius 2 is 1.53 bits per heavy atom. The monoisotopic (exact) mass is 434 g/mol. The van der Waals surface area contributed by atoms with Crippen LogP contribution < -0.4 is 14.8 Å². The third-order valence-corrected chi connectivity index (χ3v) is 4.93. The van der Waals surface area contributed by atoms with Crippen molar-refractivity contribution in [3.8, 4) is 11.5 Å². The molecule has 1 N–H and O–H groups in total. The summed E-state index contributed by atoms with van der Waals surface area (Å²) in [4.78, 5) is 12.2. The second kappa shape index (κ2) is 10.7. The average Bonchev–Trinajstić information content (AvgIpc) is 2.76. The van der Waals surface area contributed by atoms with Crippen LogP contribution in [0.4, 0.5) is 0 Å². The topological polar surface area (TPSA) is 106 Å². The summed E-state index contributed by atoms with van der Waals surface area (Å²) in [6.45, 7) is 0. The minimum Gasteiger partial charge on any atom is -0.772 e. The van der Waals surface area contributed by atoms with Crippen molar-refractivity contribution in [1.29, 1.82) is 0 Å². The van der Waals surface area contributed by atoms with Crippen LogP contribution in [0, 0.1) is 0 Å². The number of rotatable bonds is 9. The molecule has 0 bridgehead atoms. The molecule has 8 nitrogen and oxygen atoms in total. The number of benzene rings is 2. The van der Waals surface area contributed by atoms with E-state index in [0.717, 1.165) is 0 Å². The number of hydrogen-bond acceptors (Lipinski definition) is 7. The average molecular weight is 434 g/mol. The maximum Gasteiger partial charge on any atom is 0.254 e. The molecule has 0 aliphatic rings. The first-order chi connectivity index (χ1) is 14.4. The van der Waals surface area contributed by atoms with Crippen molar-refractivity contribution in [1.82, 2.24) is 5.32 Å². The zero-order chi connectivity index (χ0) is 22.3. The van der Waals surface area contributed by atoms with Gasteiger partial charge in [-0.15, -0.1) is 0 Å². The molecule has 0 fully saturated rings. The Balaban J connectivity index is 2.86. The highest BCUT2D eigenvalue weighted by atomic mass is 32.2. The zero-order valence-electron chi connectivity index (χ0n) is 17.4. The second-order valence-electron chi connectivity index (χ2n) is 6.00. The normalized spacial score (nSPS) is 12.5. The number of para-hydroxylation sites is 1. The molecule has 0 aliphatic heterocycles. The third-order valence-electron chi connectivity index (χ3n) is 4.38. The van der Waals surface area contributed by atoms with Gasteiger partial charge in [0.25, 0.3) is 5.91 Å². The lowest BCUT2D eigenvalue weighted by molar-refractivity contribution is 0.0960. The minimum atomic E-state index is -2.41. The Hall–Kier alpha value is -3.04. The lowest BCUT2D eigenvalue weighted by atomic mass is 9.99. The van der Waals surface area contributed by atoms with Gasteiger partial charge in [0.15, 0.2) is 11.5 Å². The van der Waals surface area contributed by atoms with Crippen LogP contribution in [-0.4, -0.2) is 50.2 Å². The smallest absolute Gasteiger partial charge is 0.254 e. The first-order valence-electron chi connectivity index (χ1n) is 8.86. The van der Waals surface area contributed by atoms with Gasteiger partial charge in [-0.2, -0.15) is 0 Å². The van der Waals surface area contributed by atoms with E-state index in [2.05, 4.69) is 5.32 Å². The van der Waals surface area contributed by atoms with Gasteiger partial charge in [-0.25, -0.2) is 0 Å². The fourth-order valence-corrected chi connectivity index (χ4v) is 3.54. The molecule has 2 aromatic rings. The molecule has 2 rings (SSSR count). The van der Waals surface area contributed by atoms with Crippen molar-refractivity contribution in [2.24, 2.45) is 0 Å². The summed E-state index contributed by atoms with van der Waals surface area (Å²) in [7, 11) is 7.35. The molecular weight excluding hydrogens is 410 g/mol. The number of methoxy groups -OCH3 is 4. The molecule has 0 heterocycles. The summed E-state index contributed by atoms with van der Waals surface area (Å²) in [5.74, 6) is 0.670. The fraction of sp³-hybridized carbons (Fsp3) is 0.286. The number of nitrogens with one attached hydrogen (secondary N) is 1. The Morgan fingerprint density at radius 1 is 0.933 bits per heavy atom. The van der Waals surface area contributed by atoms with Gasteiger partial charge in [0.2, 0.25) is 0 Å². The number of carbonyl (C=O) groups is 1. The summed E-state index contributed by atoms with van der Waals surface area (Å²) in [6, 6.07) is 10.2. The predicted octanol–water partition coefficient (Wildman–Crippen LogP) is 2.56. The first-order valence-corrected chi connectivity index (χ1v) is 10.1. The summed E-state index contributed by atoms with van der Waals surface area (Å²) >= 11 is -2.41. The molecular formula is C21H24NO7S-. The molecule has 0 spiro atoms. The highest BCUT2D eigenvalue weighted by molar-refractivity contribution is 7.78. The fourth-order valence-electron chi connectivity index (χ4n) is 3.05. The number of carbonyl (C=O) groups excluding carboxylic acids is 1. The van der Waals surface area contributed by atoms with Crippen LogP contribution >= 0.6 is 0 Å². The minimum absolute atomic E-state index is 0.205. The maximum atomic E-state index is 12.2. The van der Waals surface area contributed by atoms with Gasteiger partial charge in [0.1, 0.15) is 11.5 Å². The molecule has 1 amide bonds. The van der Waals surface area contributed by atoms with E-state index in [0.29, 0.717) is 28.2 Å². The Labute approximate surface area is 178 Å². The Bertz CT molecular complexity index is 972. The maximum absolute atomic E-state index is 12.2. The molecule has 0 aromatic heterocycles. The molecule has 0 saturated heterocycles. The molecule has 0 aliphatic carbocycles. The first kappa shape index (κ1) is 23.2. The molecule has 0 saturated carbocycles. The highest BCUT2D eigenvalue weighted by Gasteiger charge is 2.23. The Morgan fingerprint density at radius 3 is 2.07 bits per heavy atom. The van der Waals surface area contributed by atoms with E-state index in [-0.39, 0.29) is 22.8 Å². The van der Waals surface area contributed by atoms with Crippen molar-refractivity contribution in [2.75, 3.05) is 35.5 Å². The van der Waals surface area contributed by atoms with Crippen molar-refractivity contribution in [2.45, 2.75) is 5.75 Å². The SMILES string of the molecule is CNC(=O)c1cc(CS(=O)[O-])c(C(OC)=C(OC)c2ccccc2OC)cc1OC. The second-order valence-corrected chi connectivity index (χ2v) is 6.90. The van der Waals surface area contributed by atoms with Crippen LogP contribution in [0.3, 0.4) is 0 Å². The van der Waals surface area contributed by atoms with E-state index in [1.54, 1.807) is 18.2 Å². The van der Waals surface area contributed by atoms with Gasteiger partial charge >= 0.3 is 0 Å². The van der Waals surface area contributed by atoms with Crippen LogP contribution in [-0.2, 0) is 26.3 Å². The van der Waals surface area contributed by atoms with Crippen molar-refractivity contribution in [3.05, 3.63) is 58.7 Å². The molecule has 30 heavy (non-hydrogen) atoms. The standard InChI is InChI=1S/C21H25NO7S/c1-22-21(23)16-10-13(12-30(24)25)15(11-18(16)27-3)20(29-5)19(28-4)14-8-6-7-9-17(14)26-2/h6-11H,12H2,1-5H3,(H,22,23)(H,24,25)/p-1. The summed E-state index contributed by atoms with van der Waals surface area (Å²) < 4.78 is 45.1. The van der Waals surface area contributed by atoms with Gasteiger partial charge in [-0.1, -0.05) is 23.2 Å². The van der Waals surface area contributed by atoms with Crippen LogP contribution in [0.15, 0.2) is 36.4 Å². The molecule has 1 atom stereocenters. The van der Waals surface area contributed by atoms with Crippen molar-refractivity contribution < 1.29 is 32.5 Å². The van der Waals surface area contributed by atoms with Crippen LogP contribution in [0.25, 0.3) is 11.5 Å². The molecule has 9 heteroatoms. The summed E-state index contributed by atoms with van der Waals surface area (Å²) in [5, 5.41) is 2.52. The molecule has 0 radical (unpaired) electrons. The van der Waals surface area contributed by atoms with E-state index in [4.69, 9.17) is 18.9 Å².